The second-order valence-electron chi connectivity index (χ2n) is 9.28. The number of hydrogen-bond donors (Lipinski definition) is 1. The van der Waals surface area contributed by atoms with Crippen LogP contribution in [0.15, 0.2) is 78.9 Å². The number of hydrogen-bond acceptors (Lipinski definition) is 3. The van der Waals surface area contributed by atoms with Crippen molar-refractivity contribution in [3.8, 4) is 0 Å². The Bertz CT molecular complexity index is 1260. The lowest BCUT2D eigenvalue weighted by Gasteiger charge is -2.26. The Morgan fingerprint density at radius 1 is 0.971 bits per heavy atom. The van der Waals surface area contributed by atoms with E-state index in [2.05, 4.69) is 24.4 Å². The Morgan fingerprint density at radius 2 is 1.69 bits per heavy atom. The molecular formula is C29H29N3O3. The Hall–Kier alpha value is -3.93. The number of para-hydroxylation sites is 1. The molecule has 0 unspecified atom stereocenters. The van der Waals surface area contributed by atoms with E-state index in [4.69, 9.17) is 0 Å². The molecule has 0 aromatic heterocycles. The van der Waals surface area contributed by atoms with Crippen molar-refractivity contribution < 1.29 is 14.4 Å². The molecule has 0 spiro atoms. The zero-order valence-electron chi connectivity index (χ0n) is 19.8. The topological polar surface area (TPSA) is 69.7 Å². The number of benzene rings is 3. The average Bonchev–Trinajstić information content (AvgIpc) is 3.38. The fourth-order valence-corrected chi connectivity index (χ4v) is 5.06. The summed E-state index contributed by atoms with van der Waals surface area (Å²) >= 11 is 0. The first-order valence-corrected chi connectivity index (χ1v) is 12.2. The maximum atomic E-state index is 13.6. The molecule has 35 heavy (non-hydrogen) atoms. The molecule has 6 heteroatoms. The number of nitrogens with zero attached hydrogens (tertiary/aromatic N) is 2. The van der Waals surface area contributed by atoms with Crippen LogP contribution in [0.5, 0.6) is 0 Å². The Balaban J connectivity index is 1.40. The quantitative estimate of drug-likeness (QED) is 0.585. The maximum absolute atomic E-state index is 13.6. The van der Waals surface area contributed by atoms with Crippen molar-refractivity contribution in [2.45, 2.75) is 38.3 Å². The van der Waals surface area contributed by atoms with Crippen LogP contribution in [0.4, 0.5) is 5.69 Å². The minimum atomic E-state index is -0.456. The van der Waals surface area contributed by atoms with Crippen LogP contribution in [0.3, 0.4) is 0 Å². The lowest BCUT2D eigenvalue weighted by Crippen LogP contribution is -2.44. The van der Waals surface area contributed by atoms with Crippen LogP contribution < -0.4 is 10.2 Å². The predicted molar refractivity (Wildman–Crippen MR) is 135 cm³/mol. The first-order valence-electron chi connectivity index (χ1n) is 12.2. The summed E-state index contributed by atoms with van der Waals surface area (Å²) in [5.41, 5.74) is 3.59. The van der Waals surface area contributed by atoms with Crippen LogP contribution in [0.1, 0.15) is 57.5 Å². The molecule has 3 amide bonds. The summed E-state index contributed by atoms with van der Waals surface area (Å²) < 4.78 is 0. The fourth-order valence-electron chi connectivity index (χ4n) is 5.06. The molecule has 0 radical (unpaired) electrons. The highest BCUT2D eigenvalue weighted by Crippen LogP contribution is 2.33. The van der Waals surface area contributed by atoms with E-state index >= 15 is 0 Å². The zero-order valence-corrected chi connectivity index (χ0v) is 19.8. The van der Waals surface area contributed by atoms with E-state index in [9.17, 15) is 14.4 Å². The first-order chi connectivity index (χ1) is 17.0. The van der Waals surface area contributed by atoms with E-state index in [1.165, 1.54) is 5.56 Å². The predicted octanol–water partition coefficient (Wildman–Crippen LogP) is 4.37. The number of anilines is 1. The monoisotopic (exact) mass is 467 g/mol. The van der Waals surface area contributed by atoms with Crippen molar-refractivity contribution in [1.29, 1.82) is 0 Å². The van der Waals surface area contributed by atoms with E-state index in [0.717, 1.165) is 12.0 Å². The molecule has 2 aliphatic heterocycles. The number of carbonyl (C=O) groups is 3. The second kappa shape index (κ2) is 9.74. The Labute approximate surface area is 205 Å². The van der Waals surface area contributed by atoms with Crippen LogP contribution in [0.25, 0.3) is 0 Å². The van der Waals surface area contributed by atoms with Crippen LogP contribution >= 0.6 is 0 Å². The minimum Gasteiger partial charge on any atom is -0.351 e. The summed E-state index contributed by atoms with van der Waals surface area (Å²) in [6.07, 6.45) is 1.48. The molecule has 5 rings (SSSR count). The average molecular weight is 468 g/mol. The van der Waals surface area contributed by atoms with Gasteiger partial charge in [-0.3, -0.25) is 14.4 Å². The normalized spacial score (nSPS) is 18.0. The smallest absolute Gasteiger partial charge is 0.256 e. The second-order valence-corrected chi connectivity index (χ2v) is 9.28. The molecule has 3 aromatic rings. The summed E-state index contributed by atoms with van der Waals surface area (Å²) in [5.74, 6) is -0.183. The van der Waals surface area contributed by atoms with Gasteiger partial charge in [-0.1, -0.05) is 67.6 Å². The largest absolute Gasteiger partial charge is 0.351 e. The van der Waals surface area contributed by atoms with Crippen molar-refractivity contribution in [2.75, 3.05) is 18.0 Å². The highest BCUT2D eigenvalue weighted by Gasteiger charge is 2.42. The van der Waals surface area contributed by atoms with Crippen molar-refractivity contribution in [3.63, 3.8) is 0 Å². The molecular weight excluding hydrogens is 438 g/mol. The van der Waals surface area contributed by atoms with Crippen molar-refractivity contribution in [2.24, 2.45) is 0 Å². The standard InChI is InChI=1S/C29H29N3O3/c1-20(21-10-3-2-4-11-21)18-30-27(33)23-13-6-5-12-22(23)19-32-25-15-8-7-14-24(25)28(34)31-17-9-16-26(31)29(32)35/h2-8,10-15,20,26H,9,16-19H2,1H3,(H,30,33)/t20-,26-/m1/s1. The van der Waals surface area contributed by atoms with Crippen molar-refractivity contribution in [3.05, 3.63) is 101 Å². The highest BCUT2D eigenvalue weighted by atomic mass is 16.2. The molecule has 2 aliphatic rings. The fraction of sp³-hybridized carbons (Fsp3) is 0.276. The zero-order chi connectivity index (χ0) is 24.4. The molecule has 2 atom stereocenters. The lowest BCUT2D eigenvalue weighted by molar-refractivity contribution is -0.122. The van der Waals surface area contributed by atoms with Gasteiger partial charge in [-0.25, -0.2) is 0 Å². The first kappa shape index (κ1) is 22.8. The number of amides is 3. The van der Waals surface area contributed by atoms with E-state index < -0.39 is 6.04 Å². The maximum Gasteiger partial charge on any atom is 0.256 e. The molecule has 3 aromatic carbocycles. The third-order valence-electron chi connectivity index (χ3n) is 7.02. The molecule has 1 saturated heterocycles. The summed E-state index contributed by atoms with van der Waals surface area (Å²) in [7, 11) is 0. The lowest BCUT2D eigenvalue weighted by atomic mass is 10.0. The highest BCUT2D eigenvalue weighted by molar-refractivity contribution is 6.11. The number of nitrogens with one attached hydrogen (secondary N) is 1. The number of fused-ring (bicyclic) bond motifs is 2. The van der Waals surface area contributed by atoms with Gasteiger partial charge in [-0.05, 0) is 48.1 Å². The molecule has 6 nitrogen and oxygen atoms in total. The Morgan fingerprint density at radius 3 is 2.51 bits per heavy atom. The van der Waals surface area contributed by atoms with Gasteiger partial charge in [-0.2, -0.15) is 0 Å². The molecule has 2 heterocycles. The van der Waals surface area contributed by atoms with E-state index in [0.29, 0.717) is 36.3 Å². The number of carbonyl (C=O) groups excluding carboxylic acids is 3. The third kappa shape index (κ3) is 4.44. The van der Waals surface area contributed by atoms with Gasteiger partial charge in [0.2, 0.25) is 5.91 Å². The van der Waals surface area contributed by atoms with Gasteiger partial charge < -0.3 is 15.1 Å². The molecule has 0 bridgehead atoms. The van der Waals surface area contributed by atoms with E-state index in [1.807, 2.05) is 54.6 Å². The summed E-state index contributed by atoms with van der Waals surface area (Å²) in [4.78, 5) is 43.4. The van der Waals surface area contributed by atoms with Crippen LogP contribution in [0, 0.1) is 0 Å². The van der Waals surface area contributed by atoms with Gasteiger partial charge in [0.05, 0.1) is 17.8 Å². The van der Waals surface area contributed by atoms with Crippen LogP contribution in [-0.2, 0) is 11.3 Å². The van der Waals surface area contributed by atoms with Crippen molar-refractivity contribution in [1.82, 2.24) is 10.2 Å². The molecule has 178 valence electrons. The van der Waals surface area contributed by atoms with Crippen LogP contribution in [-0.4, -0.2) is 41.8 Å². The number of rotatable bonds is 6. The minimum absolute atomic E-state index is 0.0892. The molecule has 0 aliphatic carbocycles. The summed E-state index contributed by atoms with van der Waals surface area (Å²) in [6.45, 7) is 3.41. The van der Waals surface area contributed by atoms with Gasteiger partial charge in [-0.15, -0.1) is 0 Å². The molecule has 1 N–H and O–H groups in total. The van der Waals surface area contributed by atoms with Gasteiger partial charge in [0.1, 0.15) is 6.04 Å². The van der Waals surface area contributed by atoms with Crippen LogP contribution in [0.2, 0.25) is 0 Å². The van der Waals surface area contributed by atoms with Gasteiger partial charge in [0.25, 0.3) is 11.8 Å². The molecule has 0 saturated carbocycles. The SMILES string of the molecule is C[C@H](CNC(=O)c1ccccc1CN1C(=O)[C@H]2CCCN2C(=O)c2ccccc21)c1ccccc1. The summed E-state index contributed by atoms with van der Waals surface area (Å²) in [5, 5.41) is 3.06. The van der Waals surface area contributed by atoms with E-state index in [1.54, 1.807) is 21.9 Å². The summed E-state index contributed by atoms with van der Waals surface area (Å²) in [6, 6.07) is 24.3. The molecule has 1 fully saturated rings. The van der Waals surface area contributed by atoms with Crippen molar-refractivity contribution >= 4 is 23.4 Å². The Kier molecular flexibility index (Phi) is 6.36. The van der Waals surface area contributed by atoms with Gasteiger partial charge in [0.15, 0.2) is 0 Å². The third-order valence-corrected chi connectivity index (χ3v) is 7.02. The van der Waals surface area contributed by atoms with E-state index in [-0.39, 0.29) is 30.2 Å². The van der Waals surface area contributed by atoms with Gasteiger partial charge >= 0.3 is 0 Å². The van der Waals surface area contributed by atoms with Gasteiger partial charge in [0, 0.05) is 18.7 Å².